The van der Waals surface area contributed by atoms with E-state index in [1.807, 2.05) is 43.3 Å². The van der Waals surface area contributed by atoms with Crippen LogP contribution < -0.4 is 5.73 Å². The van der Waals surface area contributed by atoms with Crippen LogP contribution >= 0.6 is 27.5 Å². The molecule has 0 bridgehead atoms. The van der Waals surface area contributed by atoms with Gasteiger partial charge in [-0.15, -0.1) is 0 Å². The Morgan fingerprint density at radius 1 is 1.10 bits per heavy atom. The molecule has 2 aromatic carbocycles. The maximum absolute atomic E-state index is 6.26. The number of nitrogen functional groups attached to an aromatic ring is 1. The van der Waals surface area contributed by atoms with Gasteiger partial charge >= 0.3 is 0 Å². The summed E-state index contributed by atoms with van der Waals surface area (Å²) in [5.74, 6) is 0.991. The third-order valence-electron chi connectivity index (χ3n) is 3.05. The zero-order chi connectivity index (χ0) is 14.3. The second kappa shape index (κ2) is 5.04. The third-order valence-corrected chi connectivity index (χ3v) is 3.86. The van der Waals surface area contributed by atoms with E-state index in [1.54, 1.807) is 0 Å². The summed E-state index contributed by atoms with van der Waals surface area (Å²) in [4.78, 5) is 8.91. The fraction of sp³-hybridized carbons (Fsp3) is 0.0667. The van der Waals surface area contributed by atoms with Crippen LogP contribution in [-0.4, -0.2) is 9.97 Å². The Morgan fingerprint density at radius 3 is 2.65 bits per heavy atom. The van der Waals surface area contributed by atoms with Gasteiger partial charge in [-0.05, 0) is 42.8 Å². The SMILES string of the molecule is Cc1ccc(-c2nc(N)c3cc(Br)ccc3n2)c(Cl)c1. The van der Waals surface area contributed by atoms with E-state index < -0.39 is 0 Å². The molecule has 3 aromatic rings. The van der Waals surface area contributed by atoms with Gasteiger partial charge in [0.2, 0.25) is 0 Å². The topological polar surface area (TPSA) is 51.8 Å². The van der Waals surface area contributed by atoms with Crippen molar-refractivity contribution >= 4 is 44.3 Å². The number of aromatic nitrogens is 2. The summed E-state index contributed by atoms with van der Waals surface area (Å²) in [5, 5.41) is 1.45. The van der Waals surface area contributed by atoms with E-state index in [9.17, 15) is 0 Å². The Bertz CT molecular complexity index is 818. The van der Waals surface area contributed by atoms with Crippen LogP contribution in [0.4, 0.5) is 5.82 Å². The molecular weight excluding hydrogens is 338 g/mol. The van der Waals surface area contributed by atoms with Gasteiger partial charge < -0.3 is 5.73 Å². The number of nitrogens with two attached hydrogens (primary N) is 1. The third kappa shape index (κ3) is 2.37. The second-order valence-electron chi connectivity index (χ2n) is 4.58. The Morgan fingerprint density at radius 2 is 1.90 bits per heavy atom. The van der Waals surface area contributed by atoms with E-state index in [4.69, 9.17) is 17.3 Å². The van der Waals surface area contributed by atoms with Crippen LogP contribution in [0.1, 0.15) is 5.56 Å². The molecule has 20 heavy (non-hydrogen) atoms. The van der Waals surface area contributed by atoms with E-state index in [0.29, 0.717) is 16.7 Å². The summed E-state index contributed by atoms with van der Waals surface area (Å²) in [6, 6.07) is 11.5. The van der Waals surface area contributed by atoms with Gasteiger partial charge in [-0.2, -0.15) is 0 Å². The number of hydrogen-bond acceptors (Lipinski definition) is 3. The minimum absolute atomic E-state index is 0.447. The first-order valence-corrected chi connectivity index (χ1v) is 7.21. The molecular formula is C15H11BrClN3. The molecule has 0 saturated carbocycles. The predicted molar refractivity (Wildman–Crippen MR) is 86.8 cm³/mol. The molecule has 3 rings (SSSR count). The van der Waals surface area contributed by atoms with Crippen LogP contribution in [0.15, 0.2) is 40.9 Å². The Labute approximate surface area is 129 Å². The van der Waals surface area contributed by atoms with Gasteiger partial charge in [0.25, 0.3) is 0 Å². The van der Waals surface area contributed by atoms with Gasteiger partial charge in [0.15, 0.2) is 5.82 Å². The fourth-order valence-corrected chi connectivity index (χ4v) is 2.73. The number of hydrogen-bond donors (Lipinski definition) is 1. The smallest absolute Gasteiger partial charge is 0.163 e. The van der Waals surface area contributed by atoms with Crippen molar-refractivity contribution < 1.29 is 0 Å². The van der Waals surface area contributed by atoms with Crippen LogP contribution in [0.3, 0.4) is 0 Å². The number of anilines is 1. The van der Waals surface area contributed by atoms with Crippen molar-refractivity contribution in [1.82, 2.24) is 9.97 Å². The Balaban J connectivity index is 2.24. The molecule has 2 N–H and O–H groups in total. The largest absolute Gasteiger partial charge is 0.383 e. The molecule has 0 saturated heterocycles. The van der Waals surface area contributed by atoms with Crippen molar-refractivity contribution in [3.05, 3.63) is 51.5 Å². The van der Waals surface area contributed by atoms with Crippen molar-refractivity contribution in [2.75, 3.05) is 5.73 Å². The van der Waals surface area contributed by atoms with Crippen molar-refractivity contribution in [2.45, 2.75) is 6.92 Å². The molecule has 0 spiro atoms. The lowest BCUT2D eigenvalue weighted by Crippen LogP contribution is -1.98. The van der Waals surface area contributed by atoms with Gasteiger partial charge in [-0.3, -0.25) is 0 Å². The summed E-state index contributed by atoms with van der Waals surface area (Å²) >= 11 is 9.68. The number of halogens is 2. The average molecular weight is 349 g/mol. The molecule has 0 aliphatic heterocycles. The summed E-state index contributed by atoms with van der Waals surface area (Å²) in [7, 11) is 0. The molecule has 0 aliphatic carbocycles. The molecule has 1 heterocycles. The van der Waals surface area contributed by atoms with Crippen LogP contribution in [0.5, 0.6) is 0 Å². The lowest BCUT2D eigenvalue weighted by molar-refractivity contribution is 1.23. The van der Waals surface area contributed by atoms with E-state index >= 15 is 0 Å². The summed E-state index contributed by atoms with van der Waals surface area (Å²) in [5.41, 5.74) is 8.71. The first kappa shape index (κ1) is 13.3. The maximum atomic E-state index is 6.26. The summed E-state index contributed by atoms with van der Waals surface area (Å²) in [6.45, 7) is 1.99. The normalized spacial score (nSPS) is 10.9. The minimum Gasteiger partial charge on any atom is -0.383 e. The second-order valence-corrected chi connectivity index (χ2v) is 5.90. The highest BCUT2D eigenvalue weighted by Gasteiger charge is 2.10. The van der Waals surface area contributed by atoms with Crippen LogP contribution in [0.2, 0.25) is 5.02 Å². The molecule has 3 nitrogen and oxygen atoms in total. The molecule has 0 radical (unpaired) electrons. The zero-order valence-corrected chi connectivity index (χ0v) is 13.0. The molecule has 5 heteroatoms. The van der Waals surface area contributed by atoms with Crippen LogP contribution in [-0.2, 0) is 0 Å². The molecule has 0 fully saturated rings. The van der Waals surface area contributed by atoms with E-state index in [0.717, 1.165) is 26.5 Å². The molecule has 0 aliphatic rings. The minimum atomic E-state index is 0.447. The molecule has 0 amide bonds. The van der Waals surface area contributed by atoms with E-state index in [-0.39, 0.29) is 0 Å². The fourth-order valence-electron chi connectivity index (χ4n) is 2.05. The highest BCUT2D eigenvalue weighted by molar-refractivity contribution is 9.10. The molecule has 0 atom stereocenters. The van der Waals surface area contributed by atoms with Crippen molar-refractivity contribution in [2.24, 2.45) is 0 Å². The highest BCUT2D eigenvalue weighted by Crippen LogP contribution is 2.30. The average Bonchev–Trinajstić information content (AvgIpc) is 2.39. The van der Waals surface area contributed by atoms with Crippen LogP contribution in [0, 0.1) is 6.92 Å². The highest BCUT2D eigenvalue weighted by atomic mass is 79.9. The van der Waals surface area contributed by atoms with Crippen molar-refractivity contribution in [3.8, 4) is 11.4 Å². The summed E-state index contributed by atoms with van der Waals surface area (Å²) in [6.07, 6.45) is 0. The first-order chi connectivity index (χ1) is 9.54. The molecule has 0 unspecified atom stereocenters. The van der Waals surface area contributed by atoms with Gasteiger partial charge in [0, 0.05) is 15.4 Å². The number of rotatable bonds is 1. The van der Waals surface area contributed by atoms with E-state index in [2.05, 4.69) is 25.9 Å². The van der Waals surface area contributed by atoms with Crippen molar-refractivity contribution in [3.63, 3.8) is 0 Å². The van der Waals surface area contributed by atoms with Gasteiger partial charge in [0.05, 0.1) is 10.5 Å². The predicted octanol–water partition coefficient (Wildman–Crippen LogP) is 4.60. The number of fused-ring (bicyclic) bond motifs is 1. The quantitative estimate of drug-likeness (QED) is 0.699. The van der Waals surface area contributed by atoms with Gasteiger partial charge in [-0.1, -0.05) is 33.6 Å². The Hall–Kier alpha value is -1.65. The number of benzene rings is 2. The lowest BCUT2D eigenvalue weighted by atomic mass is 10.1. The Kier molecular flexibility index (Phi) is 3.36. The zero-order valence-electron chi connectivity index (χ0n) is 10.7. The number of nitrogens with zero attached hydrogens (tertiary/aromatic N) is 2. The lowest BCUT2D eigenvalue weighted by Gasteiger charge is -2.08. The number of aryl methyl sites for hydroxylation is 1. The van der Waals surface area contributed by atoms with Crippen LogP contribution in [0.25, 0.3) is 22.3 Å². The molecule has 100 valence electrons. The van der Waals surface area contributed by atoms with Crippen molar-refractivity contribution in [1.29, 1.82) is 0 Å². The molecule has 1 aromatic heterocycles. The van der Waals surface area contributed by atoms with Gasteiger partial charge in [0.1, 0.15) is 5.82 Å². The maximum Gasteiger partial charge on any atom is 0.163 e. The van der Waals surface area contributed by atoms with E-state index in [1.165, 1.54) is 0 Å². The monoisotopic (exact) mass is 347 g/mol. The summed E-state index contributed by atoms with van der Waals surface area (Å²) < 4.78 is 0.946. The first-order valence-electron chi connectivity index (χ1n) is 6.04. The van der Waals surface area contributed by atoms with Gasteiger partial charge in [-0.25, -0.2) is 9.97 Å². The standard InChI is InChI=1S/C15H11BrClN3/c1-8-2-4-10(12(17)6-8)15-19-13-5-3-9(16)7-11(13)14(18)20-15/h2-7H,1H3,(H2,18,19,20).